The van der Waals surface area contributed by atoms with Gasteiger partial charge in [0.15, 0.2) is 0 Å². The fourth-order valence-electron chi connectivity index (χ4n) is 3.08. The van der Waals surface area contributed by atoms with Gasteiger partial charge in [0.25, 0.3) is 5.91 Å². The number of nitrogens with zero attached hydrogens (tertiary/aromatic N) is 3. The number of carbonyl (C=O) groups is 2. The molecule has 3 heterocycles. The maximum atomic E-state index is 12.7. The van der Waals surface area contributed by atoms with Crippen molar-refractivity contribution in [2.45, 2.75) is 39.7 Å². The van der Waals surface area contributed by atoms with Gasteiger partial charge in [0, 0.05) is 43.6 Å². The number of pyridine rings is 1. The zero-order chi connectivity index (χ0) is 18.0. The second-order valence-corrected chi connectivity index (χ2v) is 7.22. The molecule has 3 rings (SSSR count). The zero-order valence-corrected chi connectivity index (χ0v) is 15.1. The second kappa shape index (κ2) is 7.25. The number of nitrogens with one attached hydrogen (secondary N) is 1. The van der Waals surface area contributed by atoms with Crippen molar-refractivity contribution in [2.75, 3.05) is 13.1 Å². The van der Waals surface area contributed by atoms with Gasteiger partial charge in [0.1, 0.15) is 5.65 Å². The number of amides is 2. The van der Waals surface area contributed by atoms with Gasteiger partial charge in [-0.25, -0.2) is 4.98 Å². The average Bonchev–Trinajstić information content (AvgIpc) is 3.08. The van der Waals surface area contributed by atoms with Gasteiger partial charge in [-0.2, -0.15) is 0 Å². The first kappa shape index (κ1) is 17.5. The summed E-state index contributed by atoms with van der Waals surface area (Å²) in [6.07, 6.45) is 6.80. The van der Waals surface area contributed by atoms with Crippen LogP contribution in [0.2, 0.25) is 0 Å². The molecular formula is C19H26N4O2. The normalized spacial score (nSPS) is 17.0. The number of likely N-dealkylation sites (tertiary alicyclic amines) is 1. The van der Waals surface area contributed by atoms with Crippen molar-refractivity contribution >= 4 is 17.5 Å². The van der Waals surface area contributed by atoms with Gasteiger partial charge in [-0.05, 0) is 37.8 Å². The highest BCUT2D eigenvalue weighted by Gasteiger charge is 2.28. The lowest BCUT2D eigenvalue weighted by Gasteiger charge is -2.32. The Hall–Kier alpha value is -2.37. The third-order valence-corrected chi connectivity index (χ3v) is 5.16. The van der Waals surface area contributed by atoms with E-state index in [2.05, 4.69) is 24.1 Å². The van der Waals surface area contributed by atoms with Gasteiger partial charge in [-0.1, -0.05) is 13.8 Å². The topological polar surface area (TPSA) is 66.7 Å². The fraction of sp³-hybridized carbons (Fsp3) is 0.526. The first-order valence-corrected chi connectivity index (χ1v) is 8.98. The summed E-state index contributed by atoms with van der Waals surface area (Å²) >= 11 is 0. The third-order valence-electron chi connectivity index (χ3n) is 5.16. The summed E-state index contributed by atoms with van der Waals surface area (Å²) in [7, 11) is 0. The van der Waals surface area contributed by atoms with E-state index in [0.717, 1.165) is 18.5 Å². The van der Waals surface area contributed by atoms with E-state index in [1.54, 1.807) is 6.20 Å². The van der Waals surface area contributed by atoms with Crippen LogP contribution in [0.5, 0.6) is 0 Å². The summed E-state index contributed by atoms with van der Waals surface area (Å²) in [4.78, 5) is 31.1. The number of fused-ring (bicyclic) bond motifs is 1. The lowest BCUT2D eigenvalue weighted by Crippen LogP contribution is -2.45. The Kier molecular flexibility index (Phi) is 5.06. The number of carbonyl (C=O) groups excluding carboxylic acids is 2. The molecule has 2 aromatic rings. The quantitative estimate of drug-likeness (QED) is 0.927. The predicted octanol–water partition coefficient (Wildman–Crippen LogP) is 2.35. The van der Waals surface area contributed by atoms with Gasteiger partial charge in [0.2, 0.25) is 5.91 Å². The van der Waals surface area contributed by atoms with Gasteiger partial charge in [0.05, 0.1) is 5.56 Å². The van der Waals surface area contributed by atoms with Crippen molar-refractivity contribution in [3.05, 3.63) is 36.3 Å². The smallest absolute Gasteiger partial charge is 0.255 e. The Morgan fingerprint density at radius 3 is 2.60 bits per heavy atom. The molecule has 0 aromatic carbocycles. The summed E-state index contributed by atoms with van der Waals surface area (Å²) in [6, 6.07) is 3.84. The predicted molar refractivity (Wildman–Crippen MR) is 96.3 cm³/mol. The molecule has 0 radical (unpaired) electrons. The van der Waals surface area contributed by atoms with Crippen LogP contribution in [0.15, 0.2) is 30.7 Å². The molecule has 1 N–H and O–H groups in total. The summed E-state index contributed by atoms with van der Waals surface area (Å²) < 4.78 is 1.85. The maximum absolute atomic E-state index is 12.7. The highest BCUT2D eigenvalue weighted by atomic mass is 16.2. The maximum Gasteiger partial charge on any atom is 0.255 e. The minimum atomic E-state index is 0.00128. The third kappa shape index (κ3) is 3.83. The van der Waals surface area contributed by atoms with Gasteiger partial charge < -0.3 is 14.6 Å². The van der Waals surface area contributed by atoms with E-state index in [4.69, 9.17) is 0 Å². The first-order chi connectivity index (χ1) is 12.0. The van der Waals surface area contributed by atoms with Crippen LogP contribution in [0.3, 0.4) is 0 Å². The Labute approximate surface area is 148 Å². The van der Waals surface area contributed by atoms with Crippen molar-refractivity contribution in [2.24, 2.45) is 11.8 Å². The van der Waals surface area contributed by atoms with Crippen LogP contribution in [-0.2, 0) is 4.79 Å². The van der Waals surface area contributed by atoms with Crippen LogP contribution in [0.1, 0.15) is 44.0 Å². The Balaban J connectivity index is 1.58. The van der Waals surface area contributed by atoms with E-state index in [-0.39, 0.29) is 23.8 Å². The molecule has 0 aliphatic carbocycles. The van der Waals surface area contributed by atoms with Crippen LogP contribution in [-0.4, -0.2) is 45.2 Å². The van der Waals surface area contributed by atoms with Crippen LogP contribution in [0.4, 0.5) is 0 Å². The number of hydrogen-bond donors (Lipinski definition) is 1. The molecule has 0 saturated carbocycles. The van der Waals surface area contributed by atoms with E-state index in [0.29, 0.717) is 24.6 Å². The van der Waals surface area contributed by atoms with Crippen molar-refractivity contribution in [3.8, 4) is 0 Å². The number of piperidine rings is 1. The molecular weight excluding hydrogens is 316 g/mol. The first-order valence-electron chi connectivity index (χ1n) is 8.98. The highest BCUT2D eigenvalue weighted by molar-refractivity contribution is 5.94. The molecule has 0 spiro atoms. The van der Waals surface area contributed by atoms with Gasteiger partial charge in [-0.15, -0.1) is 0 Å². The largest absolute Gasteiger partial charge is 0.353 e. The van der Waals surface area contributed by atoms with Crippen LogP contribution in [0.25, 0.3) is 5.65 Å². The molecule has 1 saturated heterocycles. The lowest BCUT2D eigenvalue weighted by molar-refractivity contribution is -0.127. The Bertz CT molecular complexity index is 760. The molecule has 2 aromatic heterocycles. The number of aromatic nitrogens is 2. The summed E-state index contributed by atoms with van der Waals surface area (Å²) in [5.74, 6) is 0.559. The molecule has 6 heteroatoms. The fourth-order valence-corrected chi connectivity index (χ4v) is 3.08. The Morgan fingerprint density at radius 1 is 1.20 bits per heavy atom. The molecule has 1 fully saturated rings. The highest BCUT2D eigenvalue weighted by Crippen LogP contribution is 2.20. The van der Waals surface area contributed by atoms with E-state index in [1.807, 2.05) is 40.8 Å². The molecule has 1 aliphatic heterocycles. The summed E-state index contributed by atoms with van der Waals surface area (Å²) in [5, 5.41) is 3.09. The number of imidazole rings is 1. The van der Waals surface area contributed by atoms with Crippen molar-refractivity contribution < 1.29 is 9.59 Å². The summed E-state index contributed by atoms with van der Waals surface area (Å²) in [6.45, 7) is 7.48. The van der Waals surface area contributed by atoms with E-state index >= 15 is 0 Å². The molecule has 6 nitrogen and oxygen atoms in total. The molecule has 134 valence electrons. The van der Waals surface area contributed by atoms with Crippen LogP contribution < -0.4 is 5.32 Å². The molecule has 2 amide bonds. The second-order valence-electron chi connectivity index (χ2n) is 7.22. The minimum absolute atomic E-state index is 0.00128. The van der Waals surface area contributed by atoms with E-state index < -0.39 is 0 Å². The average molecular weight is 342 g/mol. The molecule has 0 bridgehead atoms. The molecule has 0 unspecified atom stereocenters. The van der Waals surface area contributed by atoms with Crippen molar-refractivity contribution in [3.63, 3.8) is 0 Å². The van der Waals surface area contributed by atoms with Gasteiger partial charge in [-0.3, -0.25) is 9.59 Å². The van der Waals surface area contributed by atoms with Crippen molar-refractivity contribution in [1.29, 1.82) is 0 Å². The Morgan fingerprint density at radius 2 is 1.92 bits per heavy atom. The molecule has 25 heavy (non-hydrogen) atoms. The van der Waals surface area contributed by atoms with Crippen LogP contribution >= 0.6 is 0 Å². The molecule has 1 aliphatic rings. The SMILES string of the molecule is CC(C)[C@@H](C)NC(=O)C1CCN(C(=O)c2ccc3nccn3c2)CC1. The minimum Gasteiger partial charge on any atom is -0.353 e. The van der Waals surface area contributed by atoms with Crippen molar-refractivity contribution in [1.82, 2.24) is 19.6 Å². The van der Waals surface area contributed by atoms with E-state index in [9.17, 15) is 9.59 Å². The van der Waals surface area contributed by atoms with Crippen LogP contribution in [0, 0.1) is 11.8 Å². The number of rotatable bonds is 4. The monoisotopic (exact) mass is 342 g/mol. The summed E-state index contributed by atoms with van der Waals surface area (Å²) in [5.41, 5.74) is 1.48. The van der Waals surface area contributed by atoms with E-state index in [1.165, 1.54) is 0 Å². The van der Waals surface area contributed by atoms with Gasteiger partial charge >= 0.3 is 0 Å². The molecule has 1 atom stereocenters. The standard InChI is InChI=1S/C19H26N4O2/c1-13(2)14(3)21-18(24)15-6-9-22(10-7-15)19(25)16-4-5-17-20-8-11-23(17)12-16/h4-5,8,11-15H,6-7,9-10H2,1-3H3,(H,21,24)/t14-/m1/s1. The number of hydrogen-bond acceptors (Lipinski definition) is 3. The lowest BCUT2D eigenvalue weighted by atomic mass is 9.94. The zero-order valence-electron chi connectivity index (χ0n) is 15.1.